The first-order valence-corrected chi connectivity index (χ1v) is 9.20. The first-order chi connectivity index (χ1) is 10.5. The number of carbonyl (C=O) groups is 1. The van der Waals surface area contributed by atoms with Crippen molar-refractivity contribution in [3.05, 3.63) is 23.8 Å². The number of nitrogens with zero attached hydrogens (tertiary/aromatic N) is 3. The number of hydrogen-bond acceptors (Lipinski definition) is 5. The topological polar surface area (TPSA) is 92.3 Å². The summed E-state index contributed by atoms with van der Waals surface area (Å²) >= 11 is 0. The van der Waals surface area contributed by atoms with Crippen LogP contribution in [-0.4, -0.2) is 54.0 Å². The summed E-state index contributed by atoms with van der Waals surface area (Å²) in [6.07, 6.45) is 6.28. The number of amides is 1. The summed E-state index contributed by atoms with van der Waals surface area (Å²) in [7, 11) is -3.27. The van der Waals surface area contributed by atoms with Crippen molar-refractivity contribution in [2.24, 2.45) is 0 Å². The molecule has 2 rings (SSSR count). The molecule has 0 unspecified atom stereocenters. The maximum absolute atomic E-state index is 12.1. The molecule has 1 fully saturated rings. The fourth-order valence-corrected chi connectivity index (χ4v) is 3.90. The summed E-state index contributed by atoms with van der Waals surface area (Å²) < 4.78 is 25.6. The molecule has 0 radical (unpaired) electrons. The van der Waals surface area contributed by atoms with Gasteiger partial charge in [-0.1, -0.05) is 13.3 Å². The molecule has 1 aliphatic rings. The Bertz CT molecular complexity index is 612. The zero-order valence-corrected chi connectivity index (χ0v) is 13.6. The van der Waals surface area contributed by atoms with Gasteiger partial charge in [0.2, 0.25) is 10.0 Å². The van der Waals surface area contributed by atoms with Gasteiger partial charge in [-0.15, -0.1) is 0 Å². The highest BCUT2D eigenvalue weighted by molar-refractivity contribution is 7.89. The van der Waals surface area contributed by atoms with Gasteiger partial charge in [-0.05, 0) is 19.3 Å². The molecule has 1 N–H and O–H groups in total. The second kappa shape index (κ2) is 7.64. The van der Waals surface area contributed by atoms with Gasteiger partial charge >= 0.3 is 0 Å². The fraction of sp³-hybridized carbons (Fsp3) is 0.643. The number of hydrogen-bond donors (Lipinski definition) is 1. The molecule has 1 amide bonds. The summed E-state index contributed by atoms with van der Waals surface area (Å²) in [5.74, 6) is -0.393. The lowest BCUT2D eigenvalue weighted by atomic mass is 10.1. The average molecular weight is 326 g/mol. The Hall–Kier alpha value is -1.54. The largest absolute Gasteiger partial charge is 0.351 e. The number of aromatic nitrogens is 2. The predicted octanol–water partition coefficient (Wildman–Crippen LogP) is 0.585. The number of nitrogens with one attached hydrogen (secondary N) is 1. The normalized spacial score (nSPS) is 15.9. The van der Waals surface area contributed by atoms with Crippen molar-refractivity contribution in [3.63, 3.8) is 0 Å². The van der Waals surface area contributed by atoms with Crippen molar-refractivity contribution in [3.8, 4) is 0 Å². The SMILES string of the molecule is CCCc1ncncc1C(=O)NCCS(=O)(=O)N1CCCC1. The van der Waals surface area contributed by atoms with E-state index >= 15 is 0 Å². The van der Waals surface area contributed by atoms with E-state index in [1.165, 1.54) is 16.8 Å². The quantitative estimate of drug-likeness (QED) is 0.791. The van der Waals surface area contributed by atoms with Crippen LogP contribution < -0.4 is 5.32 Å². The third-order valence-electron chi connectivity index (χ3n) is 3.63. The van der Waals surface area contributed by atoms with Gasteiger partial charge in [0, 0.05) is 25.8 Å². The number of aryl methyl sites for hydroxylation is 1. The molecule has 0 aromatic carbocycles. The number of sulfonamides is 1. The molecular formula is C14H22N4O3S. The standard InChI is InChI=1S/C14H22N4O3S/c1-2-5-13-12(10-15-11-17-13)14(19)16-6-9-22(20,21)18-7-3-4-8-18/h10-11H,2-9H2,1H3,(H,16,19). The van der Waals surface area contributed by atoms with Crippen LogP contribution in [0.5, 0.6) is 0 Å². The van der Waals surface area contributed by atoms with Gasteiger partial charge in [-0.2, -0.15) is 0 Å². The maximum Gasteiger partial charge on any atom is 0.254 e. The first kappa shape index (κ1) is 16.8. The van der Waals surface area contributed by atoms with Gasteiger partial charge in [0.1, 0.15) is 6.33 Å². The van der Waals surface area contributed by atoms with Crippen molar-refractivity contribution in [2.75, 3.05) is 25.4 Å². The molecule has 1 aromatic heterocycles. The van der Waals surface area contributed by atoms with Crippen LogP contribution in [0.3, 0.4) is 0 Å². The Morgan fingerprint density at radius 1 is 1.36 bits per heavy atom. The molecule has 22 heavy (non-hydrogen) atoms. The minimum atomic E-state index is -3.27. The zero-order chi connectivity index (χ0) is 16.0. The molecule has 8 heteroatoms. The molecule has 0 bridgehead atoms. The van der Waals surface area contributed by atoms with Crippen LogP contribution >= 0.6 is 0 Å². The van der Waals surface area contributed by atoms with E-state index in [-0.39, 0.29) is 18.2 Å². The molecule has 0 aliphatic carbocycles. The van der Waals surface area contributed by atoms with Crippen LogP contribution in [0.1, 0.15) is 42.2 Å². The van der Waals surface area contributed by atoms with Gasteiger partial charge in [-0.25, -0.2) is 22.7 Å². The molecule has 1 saturated heterocycles. The molecule has 122 valence electrons. The predicted molar refractivity (Wildman–Crippen MR) is 83.0 cm³/mol. The maximum atomic E-state index is 12.1. The van der Waals surface area contributed by atoms with Crippen LogP contribution in [-0.2, 0) is 16.4 Å². The zero-order valence-electron chi connectivity index (χ0n) is 12.8. The van der Waals surface area contributed by atoms with E-state index < -0.39 is 10.0 Å². The minimum Gasteiger partial charge on any atom is -0.351 e. The number of rotatable bonds is 7. The Balaban J connectivity index is 1.90. The van der Waals surface area contributed by atoms with Crippen LogP contribution in [0.25, 0.3) is 0 Å². The van der Waals surface area contributed by atoms with Gasteiger partial charge in [-0.3, -0.25) is 4.79 Å². The average Bonchev–Trinajstić information content (AvgIpc) is 3.03. The summed E-state index contributed by atoms with van der Waals surface area (Å²) in [5.41, 5.74) is 1.11. The van der Waals surface area contributed by atoms with E-state index in [4.69, 9.17) is 0 Å². The summed E-state index contributed by atoms with van der Waals surface area (Å²) in [4.78, 5) is 20.1. The van der Waals surface area contributed by atoms with E-state index in [0.29, 0.717) is 30.8 Å². The van der Waals surface area contributed by atoms with Gasteiger partial charge in [0.05, 0.1) is 17.0 Å². The molecule has 7 nitrogen and oxygen atoms in total. The lowest BCUT2D eigenvalue weighted by molar-refractivity contribution is 0.0954. The Labute approximate surface area is 131 Å². The molecule has 0 spiro atoms. The van der Waals surface area contributed by atoms with Crippen molar-refractivity contribution < 1.29 is 13.2 Å². The molecular weight excluding hydrogens is 304 g/mol. The fourth-order valence-electron chi connectivity index (χ4n) is 2.46. The van der Waals surface area contributed by atoms with E-state index in [0.717, 1.165) is 19.3 Å². The van der Waals surface area contributed by atoms with E-state index in [1.54, 1.807) is 0 Å². The second-order valence-electron chi connectivity index (χ2n) is 5.31. The first-order valence-electron chi connectivity index (χ1n) is 7.59. The van der Waals surface area contributed by atoms with Crippen LogP contribution in [0.4, 0.5) is 0 Å². The van der Waals surface area contributed by atoms with Crippen LogP contribution in [0.2, 0.25) is 0 Å². The Morgan fingerprint density at radius 2 is 2.09 bits per heavy atom. The molecule has 0 atom stereocenters. The Kier molecular flexibility index (Phi) is 5.84. The highest BCUT2D eigenvalue weighted by atomic mass is 32.2. The Morgan fingerprint density at radius 3 is 2.77 bits per heavy atom. The van der Waals surface area contributed by atoms with Crippen molar-refractivity contribution in [1.29, 1.82) is 0 Å². The monoisotopic (exact) mass is 326 g/mol. The van der Waals surface area contributed by atoms with E-state index in [2.05, 4.69) is 15.3 Å². The molecule has 1 aliphatic heterocycles. The summed E-state index contributed by atoms with van der Waals surface area (Å²) in [6, 6.07) is 0. The summed E-state index contributed by atoms with van der Waals surface area (Å²) in [6.45, 7) is 3.28. The van der Waals surface area contributed by atoms with Crippen molar-refractivity contribution in [2.45, 2.75) is 32.6 Å². The van der Waals surface area contributed by atoms with Crippen LogP contribution in [0, 0.1) is 0 Å². The lowest BCUT2D eigenvalue weighted by Crippen LogP contribution is -2.36. The van der Waals surface area contributed by atoms with Gasteiger partial charge in [0.25, 0.3) is 5.91 Å². The second-order valence-corrected chi connectivity index (χ2v) is 7.40. The van der Waals surface area contributed by atoms with E-state index in [1.807, 2.05) is 6.92 Å². The third-order valence-corrected chi connectivity index (χ3v) is 5.50. The molecule has 1 aromatic rings. The molecule has 2 heterocycles. The van der Waals surface area contributed by atoms with Crippen molar-refractivity contribution in [1.82, 2.24) is 19.6 Å². The highest BCUT2D eigenvalue weighted by Crippen LogP contribution is 2.12. The van der Waals surface area contributed by atoms with Gasteiger partial charge in [0.15, 0.2) is 0 Å². The smallest absolute Gasteiger partial charge is 0.254 e. The highest BCUT2D eigenvalue weighted by Gasteiger charge is 2.25. The third kappa shape index (κ3) is 4.23. The minimum absolute atomic E-state index is 0.0739. The lowest BCUT2D eigenvalue weighted by Gasteiger charge is -2.15. The van der Waals surface area contributed by atoms with Gasteiger partial charge < -0.3 is 5.32 Å². The van der Waals surface area contributed by atoms with E-state index in [9.17, 15) is 13.2 Å². The van der Waals surface area contributed by atoms with Crippen molar-refractivity contribution >= 4 is 15.9 Å². The molecule has 0 saturated carbocycles. The van der Waals surface area contributed by atoms with Crippen LogP contribution in [0.15, 0.2) is 12.5 Å². The summed E-state index contributed by atoms with van der Waals surface area (Å²) in [5, 5.41) is 2.65. The number of carbonyl (C=O) groups excluding carboxylic acids is 1.